The minimum atomic E-state index is -0.303. The topological polar surface area (TPSA) is 107 Å². The van der Waals surface area contributed by atoms with E-state index in [-0.39, 0.29) is 23.5 Å². The van der Waals surface area contributed by atoms with Crippen LogP contribution in [0.15, 0.2) is 28.2 Å². The maximum atomic E-state index is 12.3. The Labute approximate surface area is 160 Å². The van der Waals surface area contributed by atoms with Crippen molar-refractivity contribution in [2.75, 3.05) is 31.9 Å². The van der Waals surface area contributed by atoms with Crippen molar-refractivity contribution < 1.29 is 19.0 Å². The molecule has 146 valence electrons. The highest BCUT2D eigenvalue weighted by atomic mass is 32.2. The Hall–Kier alpha value is -2.46. The van der Waals surface area contributed by atoms with E-state index in [2.05, 4.69) is 15.5 Å². The molecule has 1 atom stereocenters. The Morgan fingerprint density at radius 1 is 1.44 bits per heavy atom. The molecule has 1 aliphatic heterocycles. The molecule has 1 aromatic carbocycles. The average molecular weight is 394 g/mol. The van der Waals surface area contributed by atoms with Gasteiger partial charge in [0.1, 0.15) is 11.5 Å². The fourth-order valence-corrected chi connectivity index (χ4v) is 3.55. The number of hydrogen-bond acceptors (Lipinski definition) is 7. The Bertz CT molecular complexity index is 844. The van der Waals surface area contributed by atoms with Crippen LogP contribution in [0.1, 0.15) is 12.8 Å². The van der Waals surface area contributed by atoms with Crippen LogP contribution >= 0.6 is 11.8 Å². The fraction of sp³-hybridized carbons (Fsp3) is 0.471. The van der Waals surface area contributed by atoms with Gasteiger partial charge in [0.15, 0.2) is 5.16 Å². The number of hydrogen-bond donors (Lipinski definition) is 2. The summed E-state index contributed by atoms with van der Waals surface area (Å²) in [5.41, 5.74) is 0.212. The Morgan fingerprint density at radius 3 is 3.00 bits per heavy atom. The van der Waals surface area contributed by atoms with Gasteiger partial charge < -0.3 is 19.5 Å². The van der Waals surface area contributed by atoms with Gasteiger partial charge in [-0.25, -0.2) is 9.89 Å². The number of amides is 1. The predicted octanol–water partition coefficient (Wildman–Crippen LogP) is 1.50. The number of nitrogens with zero attached hydrogens (tertiary/aromatic N) is 2. The normalized spacial score (nSPS) is 16.3. The molecule has 1 amide bonds. The van der Waals surface area contributed by atoms with Gasteiger partial charge in [-0.2, -0.15) is 0 Å². The van der Waals surface area contributed by atoms with Crippen LogP contribution < -0.4 is 20.5 Å². The average Bonchev–Trinajstić information content (AvgIpc) is 3.31. The summed E-state index contributed by atoms with van der Waals surface area (Å²) in [4.78, 5) is 24.3. The van der Waals surface area contributed by atoms with Gasteiger partial charge in [0.25, 0.3) is 0 Å². The number of H-pyrrole nitrogens is 1. The monoisotopic (exact) mass is 394 g/mol. The lowest BCUT2D eigenvalue weighted by molar-refractivity contribution is -0.113. The van der Waals surface area contributed by atoms with Crippen LogP contribution in [0.2, 0.25) is 0 Å². The molecular weight excluding hydrogens is 372 g/mol. The number of carbonyl (C=O) groups is 1. The van der Waals surface area contributed by atoms with Gasteiger partial charge in [-0.3, -0.25) is 9.36 Å². The number of carbonyl (C=O) groups excluding carboxylic acids is 1. The summed E-state index contributed by atoms with van der Waals surface area (Å²) >= 11 is 1.18. The molecule has 0 bridgehead atoms. The summed E-state index contributed by atoms with van der Waals surface area (Å²) in [6, 6.07) is 5.15. The molecular formula is C17H22N4O5S. The summed E-state index contributed by atoms with van der Waals surface area (Å²) in [5, 5.41) is 9.69. The van der Waals surface area contributed by atoms with Crippen LogP contribution in [0.3, 0.4) is 0 Å². The number of ether oxygens (including phenoxy) is 3. The zero-order chi connectivity index (χ0) is 19.2. The molecule has 0 radical (unpaired) electrons. The molecule has 2 N–H and O–H groups in total. The van der Waals surface area contributed by atoms with Crippen LogP contribution in [0.4, 0.5) is 5.69 Å². The molecule has 1 aromatic heterocycles. The van der Waals surface area contributed by atoms with Crippen molar-refractivity contribution in [3.05, 3.63) is 28.7 Å². The molecule has 10 heteroatoms. The molecule has 3 rings (SSSR count). The third-order valence-electron chi connectivity index (χ3n) is 4.15. The SMILES string of the molecule is COc1ccc(OC)c(NC(=O)CSc2n[nH]c(=O)n2C[C@H]2CCCO2)c1. The Balaban J connectivity index is 1.62. The van der Waals surface area contributed by atoms with E-state index in [0.29, 0.717) is 35.5 Å². The summed E-state index contributed by atoms with van der Waals surface area (Å²) in [7, 11) is 3.08. The number of nitrogens with one attached hydrogen (secondary N) is 2. The number of rotatable bonds is 8. The van der Waals surface area contributed by atoms with Crippen molar-refractivity contribution in [3.8, 4) is 11.5 Å². The molecule has 0 spiro atoms. The largest absolute Gasteiger partial charge is 0.497 e. The van der Waals surface area contributed by atoms with E-state index in [1.54, 1.807) is 25.3 Å². The van der Waals surface area contributed by atoms with Crippen LogP contribution in [-0.2, 0) is 16.1 Å². The maximum absolute atomic E-state index is 12.3. The summed E-state index contributed by atoms with van der Waals surface area (Å²) in [5.74, 6) is 0.988. The van der Waals surface area contributed by atoms with Crippen molar-refractivity contribution >= 4 is 23.4 Å². The highest BCUT2D eigenvalue weighted by Crippen LogP contribution is 2.29. The van der Waals surface area contributed by atoms with Gasteiger partial charge in [-0.05, 0) is 25.0 Å². The lowest BCUT2D eigenvalue weighted by Crippen LogP contribution is -2.25. The fourth-order valence-electron chi connectivity index (χ4n) is 2.79. The number of thioether (sulfide) groups is 1. The summed E-state index contributed by atoms with van der Waals surface area (Å²) < 4.78 is 17.5. The lowest BCUT2D eigenvalue weighted by Gasteiger charge is -2.12. The van der Waals surface area contributed by atoms with Gasteiger partial charge in [0.05, 0.1) is 38.3 Å². The van der Waals surface area contributed by atoms with Gasteiger partial charge in [-0.1, -0.05) is 11.8 Å². The second-order valence-electron chi connectivity index (χ2n) is 5.96. The first-order chi connectivity index (χ1) is 13.1. The predicted molar refractivity (Wildman–Crippen MR) is 101 cm³/mol. The van der Waals surface area contributed by atoms with Crippen LogP contribution in [0, 0.1) is 0 Å². The van der Waals surface area contributed by atoms with Crippen molar-refractivity contribution in [3.63, 3.8) is 0 Å². The van der Waals surface area contributed by atoms with Crippen molar-refractivity contribution in [1.82, 2.24) is 14.8 Å². The lowest BCUT2D eigenvalue weighted by atomic mass is 10.2. The molecule has 0 saturated carbocycles. The van der Waals surface area contributed by atoms with Crippen molar-refractivity contribution in [1.29, 1.82) is 0 Å². The number of aromatic nitrogens is 3. The Kier molecular flexibility index (Phi) is 6.40. The molecule has 1 fully saturated rings. The highest BCUT2D eigenvalue weighted by molar-refractivity contribution is 7.99. The maximum Gasteiger partial charge on any atom is 0.344 e. The van der Waals surface area contributed by atoms with E-state index >= 15 is 0 Å². The molecule has 2 aromatic rings. The minimum Gasteiger partial charge on any atom is -0.497 e. The third kappa shape index (κ3) is 4.83. The molecule has 2 heterocycles. The first-order valence-corrected chi connectivity index (χ1v) is 9.50. The van der Waals surface area contributed by atoms with E-state index in [0.717, 1.165) is 12.8 Å². The minimum absolute atomic E-state index is 0.00882. The quantitative estimate of drug-likeness (QED) is 0.653. The second kappa shape index (κ2) is 8.96. The second-order valence-corrected chi connectivity index (χ2v) is 6.90. The molecule has 0 unspecified atom stereocenters. The smallest absolute Gasteiger partial charge is 0.344 e. The van der Waals surface area contributed by atoms with E-state index in [1.165, 1.54) is 23.4 Å². The van der Waals surface area contributed by atoms with E-state index < -0.39 is 0 Å². The first kappa shape index (κ1) is 19.3. The van der Waals surface area contributed by atoms with Gasteiger partial charge in [-0.15, -0.1) is 5.10 Å². The van der Waals surface area contributed by atoms with E-state index in [4.69, 9.17) is 14.2 Å². The number of anilines is 1. The van der Waals surface area contributed by atoms with Gasteiger partial charge in [0.2, 0.25) is 5.91 Å². The number of methoxy groups -OCH3 is 2. The third-order valence-corrected chi connectivity index (χ3v) is 5.12. The Morgan fingerprint density at radius 2 is 2.30 bits per heavy atom. The van der Waals surface area contributed by atoms with Gasteiger partial charge >= 0.3 is 5.69 Å². The van der Waals surface area contributed by atoms with Crippen LogP contribution in [-0.4, -0.2) is 53.4 Å². The molecule has 9 nitrogen and oxygen atoms in total. The number of aromatic amines is 1. The number of benzene rings is 1. The first-order valence-electron chi connectivity index (χ1n) is 8.52. The summed E-state index contributed by atoms with van der Waals surface area (Å²) in [6.07, 6.45) is 1.91. The van der Waals surface area contributed by atoms with Crippen molar-refractivity contribution in [2.45, 2.75) is 30.6 Å². The molecule has 1 aliphatic rings. The standard InChI is InChI=1S/C17H22N4O5S/c1-24-11-5-6-14(25-2)13(8-11)18-15(22)10-27-17-20-19-16(23)21(17)9-12-4-3-7-26-12/h5-6,8,12H,3-4,7,9-10H2,1-2H3,(H,18,22)(H,19,23)/t12-/m1/s1. The molecule has 0 aliphatic carbocycles. The van der Waals surface area contributed by atoms with E-state index in [9.17, 15) is 9.59 Å². The molecule has 1 saturated heterocycles. The van der Waals surface area contributed by atoms with Crippen LogP contribution in [0.25, 0.3) is 0 Å². The van der Waals surface area contributed by atoms with Gasteiger partial charge in [0, 0.05) is 12.7 Å². The van der Waals surface area contributed by atoms with Crippen LogP contribution in [0.5, 0.6) is 11.5 Å². The highest BCUT2D eigenvalue weighted by Gasteiger charge is 2.20. The van der Waals surface area contributed by atoms with E-state index in [1.807, 2.05) is 0 Å². The van der Waals surface area contributed by atoms with Crippen molar-refractivity contribution in [2.24, 2.45) is 0 Å². The molecule has 27 heavy (non-hydrogen) atoms. The zero-order valence-electron chi connectivity index (χ0n) is 15.2. The summed E-state index contributed by atoms with van der Waals surface area (Å²) in [6.45, 7) is 1.15. The zero-order valence-corrected chi connectivity index (χ0v) is 16.0.